The molecule has 0 aromatic carbocycles. The largest absolute Gasteiger partial charge is 0.321 e. The number of rotatable bonds is 8. The minimum Gasteiger partial charge on any atom is -0.321 e. The average molecular weight is 307 g/mol. The molecule has 0 N–H and O–H groups in total. The highest BCUT2D eigenvalue weighted by molar-refractivity contribution is 4.85. The number of unbranched alkanes of at least 4 members (excludes halogenated alkanes) is 5. The molecule has 0 aromatic heterocycles. The van der Waals surface area contributed by atoms with E-state index in [1.165, 1.54) is 114 Å². The van der Waals surface area contributed by atoms with Crippen LogP contribution in [0.5, 0.6) is 0 Å². The number of quaternary nitrogens is 1. The monoisotopic (exact) mass is 306 g/mol. The van der Waals surface area contributed by atoms with Gasteiger partial charge in [-0.2, -0.15) is 0 Å². The molecule has 2 aliphatic rings. The Bertz CT molecular complexity index is 301. The van der Waals surface area contributed by atoms with Gasteiger partial charge in [0.25, 0.3) is 0 Å². The molecule has 128 valence electrons. The minimum absolute atomic E-state index is 0.973. The summed E-state index contributed by atoms with van der Waals surface area (Å²) in [4.78, 5) is 0. The van der Waals surface area contributed by atoms with E-state index in [0.29, 0.717) is 0 Å². The molecule has 1 unspecified atom stereocenters. The van der Waals surface area contributed by atoms with Crippen LogP contribution in [-0.2, 0) is 0 Å². The van der Waals surface area contributed by atoms with Crippen LogP contribution >= 0.6 is 0 Å². The second-order valence-electron chi connectivity index (χ2n) is 7.85. The number of likely N-dealkylation sites (tertiary alicyclic amines) is 1. The molecule has 0 radical (unpaired) electrons. The SMILES string of the molecule is CCCCCCCC[N+]1(C2CCC=CCCC2)CCCCC1. The van der Waals surface area contributed by atoms with Gasteiger partial charge in [0, 0.05) is 6.42 Å². The summed E-state index contributed by atoms with van der Waals surface area (Å²) in [5.74, 6) is 0. The van der Waals surface area contributed by atoms with Gasteiger partial charge in [0.05, 0.1) is 25.7 Å². The van der Waals surface area contributed by atoms with Crippen molar-refractivity contribution in [3.05, 3.63) is 12.2 Å². The van der Waals surface area contributed by atoms with E-state index in [1.807, 2.05) is 0 Å². The van der Waals surface area contributed by atoms with E-state index >= 15 is 0 Å². The first-order valence-corrected chi connectivity index (χ1v) is 10.4. The van der Waals surface area contributed by atoms with Gasteiger partial charge >= 0.3 is 0 Å². The number of hydrogen-bond donors (Lipinski definition) is 0. The van der Waals surface area contributed by atoms with Gasteiger partial charge in [0.2, 0.25) is 0 Å². The molecule has 1 aliphatic carbocycles. The van der Waals surface area contributed by atoms with Gasteiger partial charge in [-0.25, -0.2) is 0 Å². The van der Waals surface area contributed by atoms with Crippen LogP contribution in [-0.4, -0.2) is 30.2 Å². The summed E-state index contributed by atoms with van der Waals surface area (Å²) in [5, 5.41) is 0. The third-order valence-corrected chi connectivity index (χ3v) is 6.18. The molecular weight excluding hydrogens is 266 g/mol. The summed E-state index contributed by atoms with van der Waals surface area (Å²) in [6, 6.07) is 0.973. The van der Waals surface area contributed by atoms with Gasteiger partial charge in [-0.05, 0) is 57.8 Å². The fraction of sp³-hybridized carbons (Fsp3) is 0.905. The quantitative estimate of drug-likeness (QED) is 0.283. The second-order valence-corrected chi connectivity index (χ2v) is 7.85. The molecule has 0 spiro atoms. The standard InChI is InChI=1S/C21H40N/c1-2-3-4-5-9-13-18-22(19-14-10-15-20-22)21-16-11-7-6-8-12-17-21/h6-7,21H,2-5,8-20H2,1H3/q+1. The van der Waals surface area contributed by atoms with Gasteiger partial charge in [-0.3, -0.25) is 0 Å². The summed E-state index contributed by atoms with van der Waals surface area (Å²) in [7, 11) is 0. The molecule has 0 amide bonds. The Labute approximate surface area is 139 Å². The molecule has 0 aromatic rings. The highest BCUT2D eigenvalue weighted by atomic mass is 15.4. The molecular formula is C21H40N+. The third kappa shape index (κ3) is 5.72. The van der Waals surface area contributed by atoms with E-state index in [-0.39, 0.29) is 0 Å². The first kappa shape index (κ1) is 18.0. The van der Waals surface area contributed by atoms with Crippen LogP contribution in [0.1, 0.15) is 96.8 Å². The second kappa shape index (κ2) is 10.5. The van der Waals surface area contributed by atoms with E-state index in [1.54, 1.807) is 0 Å². The number of allylic oxidation sites excluding steroid dienone is 2. The van der Waals surface area contributed by atoms with Crippen LogP contribution < -0.4 is 0 Å². The van der Waals surface area contributed by atoms with Gasteiger partial charge in [-0.1, -0.05) is 44.8 Å². The molecule has 1 saturated heterocycles. The van der Waals surface area contributed by atoms with Crippen LogP contribution in [0.25, 0.3) is 0 Å². The van der Waals surface area contributed by atoms with E-state index in [0.717, 1.165) is 6.04 Å². The predicted molar refractivity (Wildman–Crippen MR) is 98.1 cm³/mol. The topological polar surface area (TPSA) is 0 Å². The molecule has 2 rings (SSSR count). The van der Waals surface area contributed by atoms with Crippen molar-refractivity contribution in [1.29, 1.82) is 0 Å². The maximum Gasteiger partial charge on any atom is 0.0893 e. The van der Waals surface area contributed by atoms with Crippen molar-refractivity contribution in [2.75, 3.05) is 19.6 Å². The van der Waals surface area contributed by atoms with Crippen molar-refractivity contribution in [3.63, 3.8) is 0 Å². The summed E-state index contributed by atoms with van der Waals surface area (Å²) < 4.78 is 1.50. The zero-order chi connectivity index (χ0) is 15.5. The van der Waals surface area contributed by atoms with Crippen molar-refractivity contribution in [1.82, 2.24) is 0 Å². The Morgan fingerprint density at radius 1 is 0.773 bits per heavy atom. The van der Waals surface area contributed by atoms with Crippen molar-refractivity contribution < 1.29 is 4.48 Å². The zero-order valence-electron chi connectivity index (χ0n) is 15.2. The number of hydrogen-bond acceptors (Lipinski definition) is 0. The highest BCUT2D eigenvalue weighted by Gasteiger charge is 2.36. The first-order valence-electron chi connectivity index (χ1n) is 10.4. The lowest BCUT2D eigenvalue weighted by molar-refractivity contribution is -0.956. The Morgan fingerprint density at radius 3 is 2.32 bits per heavy atom. The molecule has 1 heteroatoms. The van der Waals surface area contributed by atoms with E-state index in [4.69, 9.17) is 0 Å². The zero-order valence-corrected chi connectivity index (χ0v) is 15.2. The van der Waals surface area contributed by atoms with Gasteiger partial charge in [0.1, 0.15) is 0 Å². The van der Waals surface area contributed by atoms with Crippen LogP contribution in [0, 0.1) is 0 Å². The smallest absolute Gasteiger partial charge is 0.0893 e. The first-order chi connectivity index (χ1) is 10.9. The lowest BCUT2D eigenvalue weighted by Gasteiger charge is -2.48. The van der Waals surface area contributed by atoms with Crippen LogP contribution in [0.15, 0.2) is 12.2 Å². The van der Waals surface area contributed by atoms with Gasteiger partial charge in [-0.15, -0.1) is 0 Å². The van der Waals surface area contributed by atoms with Crippen molar-refractivity contribution in [3.8, 4) is 0 Å². The average Bonchev–Trinajstić information content (AvgIpc) is 2.51. The Hall–Kier alpha value is -0.300. The molecule has 1 atom stereocenters. The summed E-state index contributed by atoms with van der Waals surface area (Å²) >= 11 is 0. The predicted octanol–water partition coefficient (Wildman–Crippen LogP) is 6.24. The molecule has 1 aliphatic heterocycles. The lowest BCUT2D eigenvalue weighted by Crippen LogP contribution is -2.58. The Kier molecular flexibility index (Phi) is 8.59. The highest BCUT2D eigenvalue weighted by Crippen LogP contribution is 2.30. The van der Waals surface area contributed by atoms with Gasteiger partial charge in [0.15, 0.2) is 0 Å². The van der Waals surface area contributed by atoms with E-state index in [9.17, 15) is 0 Å². The molecule has 1 nitrogen and oxygen atoms in total. The third-order valence-electron chi connectivity index (χ3n) is 6.18. The van der Waals surface area contributed by atoms with E-state index < -0.39 is 0 Å². The van der Waals surface area contributed by atoms with Crippen molar-refractivity contribution >= 4 is 0 Å². The van der Waals surface area contributed by atoms with Crippen molar-refractivity contribution in [2.24, 2.45) is 0 Å². The van der Waals surface area contributed by atoms with Crippen LogP contribution in [0.3, 0.4) is 0 Å². The maximum absolute atomic E-state index is 2.46. The normalized spacial score (nSPS) is 25.6. The van der Waals surface area contributed by atoms with Crippen molar-refractivity contribution in [2.45, 2.75) is 103 Å². The van der Waals surface area contributed by atoms with Gasteiger partial charge < -0.3 is 4.48 Å². The molecule has 1 fully saturated rings. The summed E-state index contributed by atoms with van der Waals surface area (Å²) in [6.07, 6.45) is 25.1. The maximum atomic E-state index is 2.46. The Balaban J connectivity index is 1.84. The summed E-state index contributed by atoms with van der Waals surface area (Å²) in [5.41, 5.74) is 0. The van der Waals surface area contributed by atoms with Crippen LogP contribution in [0.2, 0.25) is 0 Å². The molecule has 22 heavy (non-hydrogen) atoms. The Morgan fingerprint density at radius 2 is 1.50 bits per heavy atom. The number of nitrogens with zero attached hydrogens (tertiary/aromatic N) is 1. The van der Waals surface area contributed by atoms with E-state index in [2.05, 4.69) is 19.1 Å². The molecule has 1 heterocycles. The molecule has 0 bridgehead atoms. The summed E-state index contributed by atoms with van der Waals surface area (Å²) in [6.45, 7) is 6.78. The molecule has 0 saturated carbocycles. The van der Waals surface area contributed by atoms with Crippen LogP contribution in [0.4, 0.5) is 0 Å². The fourth-order valence-corrected chi connectivity index (χ4v) is 4.81. The lowest BCUT2D eigenvalue weighted by atomic mass is 9.93. The number of piperidine rings is 1. The minimum atomic E-state index is 0.973. The fourth-order valence-electron chi connectivity index (χ4n) is 4.81.